The maximum atomic E-state index is 12.9. The van der Waals surface area contributed by atoms with Crippen molar-refractivity contribution in [3.63, 3.8) is 0 Å². The Morgan fingerprint density at radius 1 is 1.00 bits per heavy atom. The zero-order chi connectivity index (χ0) is 26.6. The molecular formula is C25H18Cl3N3O5S. The van der Waals surface area contributed by atoms with Gasteiger partial charge in [-0.1, -0.05) is 89.4 Å². The number of sulfonamides is 1. The van der Waals surface area contributed by atoms with Gasteiger partial charge in [0, 0.05) is 5.56 Å². The Balaban J connectivity index is 1.54. The zero-order valence-electron chi connectivity index (χ0n) is 18.8. The number of nitrogens with one attached hydrogen (secondary N) is 1. The molecule has 8 nitrogen and oxygen atoms in total. The highest BCUT2D eigenvalue weighted by atomic mass is 35.5. The minimum absolute atomic E-state index is 0.0337. The molecule has 0 fully saturated rings. The van der Waals surface area contributed by atoms with Crippen LogP contribution in [0.4, 0.5) is 5.82 Å². The van der Waals surface area contributed by atoms with Gasteiger partial charge in [0.05, 0.1) is 16.2 Å². The summed E-state index contributed by atoms with van der Waals surface area (Å²) in [6.45, 7) is -0.107. The van der Waals surface area contributed by atoms with Crippen LogP contribution in [0.1, 0.15) is 27.6 Å². The van der Waals surface area contributed by atoms with Crippen LogP contribution < -0.4 is 9.46 Å². The fourth-order valence-corrected chi connectivity index (χ4v) is 5.20. The summed E-state index contributed by atoms with van der Waals surface area (Å²) in [5.41, 5.74) is 1.30. The Kier molecular flexibility index (Phi) is 8.31. The van der Waals surface area contributed by atoms with Gasteiger partial charge in [-0.3, -0.25) is 9.52 Å². The maximum Gasteiger partial charge on any atom is 0.264 e. The van der Waals surface area contributed by atoms with E-state index in [1.807, 2.05) is 0 Å². The summed E-state index contributed by atoms with van der Waals surface area (Å²) in [6, 6.07) is 19.2. The number of aromatic nitrogens is 2. The Hall–Kier alpha value is -3.21. The number of anilines is 1. The van der Waals surface area contributed by atoms with Gasteiger partial charge in [0.25, 0.3) is 15.9 Å². The molecule has 0 spiro atoms. The predicted molar refractivity (Wildman–Crippen MR) is 141 cm³/mol. The average Bonchev–Trinajstić information content (AvgIpc) is 2.90. The summed E-state index contributed by atoms with van der Waals surface area (Å²) in [5.74, 6) is -0.912. The highest BCUT2D eigenvalue weighted by Gasteiger charge is 2.23. The quantitative estimate of drug-likeness (QED) is 0.243. The highest BCUT2D eigenvalue weighted by Crippen LogP contribution is 2.32. The van der Waals surface area contributed by atoms with Crippen LogP contribution in [0.15, 0.2) is 83.9 Å². The molecule has 0 saturated carbocycles. The molecule has 0 radical (unpaired) electrons. The SMILES string of the molecule is O=C(c1cccc(COc2nc(Cl)cnc2NS(=O)(=O)c2cccc(Cl)c2Cl)c1)C(O)c1ccccc1. The van der Waals surface area contributed by atoms with E-state index >= 15 is 0 Å². The van der Waals surface area contributed by atoms with Crippen molar-refractivity contribution >= 4 is 56.4 Å². The first-order chi connectivity index (χ1) is 17.7. The second-order valence-corrected chi connectivity index (χ2v) is 10.5. The number of aliphatic hydroxyl groups is 1. The molecule has 1 aromatic heterocycles. The minimum atomic E-state index is -4.20. The van der Waals surface area contributed by atoms with Gasteiger partial charge in [0.2, 0.25) is 5.82 Å². The molecular weight excluding hydrogens is 561 g/mol. The summed E-state index contributed by atoms with van der Waals surface area (Å²) in [4.78, 5) is 20.5. The number of ether oxygens (including phenoxy) is 1. The number of rotatable bonds is 9. The van der Waals surface area contributed by atoms with Gasteiger partial charge in [-0.25, -0.2) is 13.4 Å². The summed E-state index contributed by atoms with van der Waals surface area (Å²) < 4.78 is 33.8. The van der Waals surface area contributed by atoms with Gasteiger partial charge >= 0.3 is 0 Å². The smallest absolute Gasteiger partial charge is 0.264 e. The highest BCUT2D eigenvalue weighted by molar-refractivity contribution is 7.92. The van der Waals surface area contributed by atoms with E-state index in [0.29, 0.717) is 11.1 Å². The van der Waals surface area contributed by atoms with Crippen LogP contribution in [0.5, 0.6) is 5.88 Å². The van der Waals surface area contributed by atoms with Gasteiger partial charge < -0.3 is 9.84 Å². The molecule has 0 saturated heterocycles. The standard InChI is InChI=1S/C25H18Cl3N3O5S/c26-18-10-5-11-19(21(18)28)37(34,35)31-24-25(30-20(27)13-29-24)36-14-15-6-4-9-17(12-15)23(33)22(32)16-7-2-1-3-8-16/h1-13,22,32H,14H2,(H,29,31). The molecule has 190 valence electrons. The van der Waals surface area contributed by atoms with E-state index in [4.69, 9.17) is 39.5 Å². The summed E-state index contributed by atoms with van der Waals surface area (Å²) in [5, 5.41) is 10.3. The van der Waals surface area contributed by atoms with E-state index in [9.17, 15) is 18.3 Å². The van der Waals surface area contributed by atoms with E-state index in [2.05, 4.69) is 14.7 Å². The van der Waals surface area contributed by atoms with Crippen LogP contribution >= 0.6 is 34.8 Å². The predicted octanol–water partition coefficient (Wildman–Crippen LogP) is 5.73. The van der Waals surface area contributed by atoms with Crippen LogP contribution in [-0.2, 0) is 16.6 Å². The molecule has 4 rings (SSSR count). The van der Waals surface area contributed by atoms with E-state index in [1.165, 1.54) is 18.2 Å². The van der Waals surface area contributed by atoms with Crippen LogP contribution in [0.25, 0.3) is 0 Å². The lowest BCUT2D eigenvalue weighted by Gasteiger charge is -2.14. The number of benzene rings is 3. The normalized spacial score (nSPS) is 12.1. The van der Waals surface area contributed by atoms with Gasteiger partial charge in [-0.2, -0.15) is 4.98 Å². The molecule has 3 aromatic carbocycles. The number of carbonyl (C=O) groups excluding carboxylic acids is 1. The third kappa shape index (κ3) is 6.38. The van der Waals surface area contributed by atoms with E-state index < -0.39 is 21.9 Å². The summed E-state index contributed by atoms with van der Waals surface area (Å²) in [6.07, 6.45) is -0.175. The van der Waals surface area contributed by atoms with Crippen LogP contribution in [0.2, 0.25) is 15.2 Å². The molecule has 37 heavy (non-hydrogen) atoms. The van der Waals surface area contributed by atoms with Gasteiger partial charge in [0.15, 0.2) is 10.9 Å². The lowest BCUT2D eigenvalue weighted by molar-refractivity contribution is 0.0747. The third-order valence-corrected chi connectivity index (χ3v) is 7.59. The van der Waals surface area contributed by atoms with Gasteiger partial charge in [0.1, 0.15) is 17.6 Å². The van der Waals surface area contributed by atoms with Crippen molar-refractivity contribution in [2.24, 2.45) is 0 Å². The Morgan fingerprint density at radius 2 is 1.73 bits per heavy atom. The van der Waals surface area contributed by atoms with Crippen molar-refractivity contribution in [1.29, 1.82) is 0 Å². The number of Topliss-reactive ketones (excluding diaryl/α,β-unsaturated/α-hetero) is 1. The number of ketones is 1. The minimum Gasteiger partial charge on any atom is -0.470 e. The number of aliphatic hydroxyl groups excluding tert-OH is 1. The number of nitrogens with zero attached hydrogens (tertiary/aromatic N) is 2. The Bertz CT molecular complexity index is 1550. The fourth-order valence-electron chi connectivity index (χ4n) is 3.31. The monoisotopic (exact) mass is 577 g/mol. The van der Waals surface area contributed by atoms with E-state index in [-0.39, 0.29) is 44.0 Å². The largest absolute Gasteiger partial charge is 0.470 e. The fraction of sp³-hybridized carbons (Fsp3) is 0.0800. The van der Waals surface area contributed by atoms with Crippen LogP contribution in [0, 0.1) is 0 Å². The van der Waals surface area contributed by atoms with Crippen molar-refractivity contribution in [1.82, 2.24) is 9.97 Å². The molecule has 0 aliphatic heterocycles. The van der Waals surface area contributed by atoms with Crippen molar-refractivity contribution < 1.29 is 23.1 Å². The second kappa shape index (κ2) is 11.5. The first-order valence-electron chi connectivity index (χ1n) is 10.6. The molecule has 1 atom stereocenters. The molecule has 12 heteroatoms. The Morgan fingerprint density at radius 3 is 2.49 bits per heavy atom. The molecule has 0 amide bonds. The van der Waals surface area contributed by atoms with E-state index in [1.54, 1.807) is 54.6 Å². The number of hydrogen-bond donors (Lipinski definition) is 2. The molecule has 1 heterocycles. The molecule has 4 aromatic rings. The molecule has 0 aliphatic rings. The second-order valence-electron chi connectivity index (χ2n) is 7.67. The van der Waals surface area contributed by atoms with Gasteiger partial charge in [-0.15, -0.1) is 0 Å². The van der Waals surface area contributed by atoms with Gasteiger partial charge in [-0.05, 0) is 29.3 Å². The van der Waals surface area contributed by atoms with Crippen molar-refractivity contribution in [2.45, 2.75) is 17.6 Å². The van der Waals surface area contributed by atoms with Crippen molar-refractivity contribution in [3.8, 4) is 5.88 Å². The molecule has 2 N–H and O–H groups in total. The number of hydrogen-bond acceptors (Lipinski definition) is 7. The van der Waals surface area contributed by atoms with Crippen LogP contribution in [0.3, 0.4) is 0 Å². The maximum absolute atomic E-state index is 12.9. The zero-order valence-corrected chi connectivity index (χ0v) is 21.9. The summed E-state index contributed by atoms with van der Waals surface area (Å²) in [7, 11) is -4.20. The number of carbonyl (C=O) groups is 1. The number of halogens is 3. The first-order valence-corrected chi connectivity index (χ1v) is 13.3. The van der Waals surface area contributed by atoms with Crippen molar-refractivity contribution in [2.75, 3.05) is 4.72 Å². The van der Waals surface area contributed by atoms with Crippen molar-refractivity contribution in [3.05, 3.63) is 111 Å². The lowest BCUT2D eigenvalue weighted by Crippen LogP contribution is -2.16. The molecule has 0 bridgehead atoms. The molecule has 0 aliphatic carbocycles. The molecule has 1 unspecified atom stereocenters. The lowest BCUT2D eigenvalue weighted by atomic mass is 9.99. The van der Waals surface area contributed by atoms with E-state index in [0.717, 1.165) is 6.20 Å². The Labute approximate surface area is 227 Å². The summed E-state index contributed by atoms with van der Waals surface area (Å²) >= 11 is 18.0. The third-order valence-electron chi connectivity index (χ3n) is 5.10. The first kappa shape index (κ1) is 26.8. The topological polar surface area (TPSA) is 118 Å². The average molecular weight is 579 g/mol. The van der Waals surface area contributed by atoms with Crippen LogP contribution in [-0.4, -0.2) is 29.3 Å².